The van der Waals surface area contributed by atoms with Gasteiger partial charge in [0.15, 0.2) is 0 Å². The zero-order valence-corrected chi connectivity index (χ0v) is 15.2. The summed E-state index contributed by atoms with van der Waals surface area (Å²) in [5, 5.41) is 9.93. The smallest absolute Gasteiger partial charge is 0.241 e. The minimum atomic E-state index is -0.424. The second-order valence-corrected chi connectivity index (χ2v) is 6.98. The quantitative estimate of drug-likeness (QED) is 0.747. The summed E-state index contributed by atoms with van der Waals surface area (Å²) in [5.41, 5.74) is 1.23. The van der Waals surface area contributed by atoms with Crippen molar-refractivity contribution in [2.45, 2.75) is 24.8 Å². The van der Waals surface area contributed by atoms with Crippen molar-refractivity contribution in [3.05, 3.63) is 48.3 Å². The lowest BCUT2D eigenvalue weighted by Crippen LogP contribution is -2.33. The van der Waals surface area contributed by atoms with Gasteiger partial charge < -0.3 is 15.5 Å². The molecule has 0 aliphatic heterocycles. The number of nitrogens with zero attached hydrogens (tertiary/aromatic N) is 3. The normalized spacial score (nSPS) is 14.9. The van der Waals surface area contributed by atoms with E-state index in [-0.39, 0.29) is 18.4 Å². The first-order valence-electron chi connectivity index (χ1n) is 8.80. The van der Waals surface area contributed by atoms with Crippen LogP contribution in [0.5, 0.6) is 0 Å². The predicted molar refractivity (Wildman–Crippen MR) is 99.8 cm³/mol. The third kappa shape index (κ3) is 4.29. The summed E-state index contributed by atoms with van der Waals surface area (Å²) in [7, 11) is 3.91. The molecule has 0 saturated heterocycles. The maximum Gasteiger partial charge on any atom is 0.241 e. The van der Waals surface area contributed by atoms with Crippen molar-refractivity contribution >= 4 is 17.5 Å². The SMILES string of the molecule is CN(C)CCNC(=O)Cn1cc(NC(=O)C2(c3ccccc3)CC2)cn1. The number of nitrogens with one attached hydrogen (secondary N) is 2. The number of rotatable bonds is 8. The number of carbonyl (C=O) groups is 2. The Labute approximate surface area is 153 Å². The molecule has 1 fully saturated rings. The Hall–Kier alpha value is -2.67. The van der Waals surface area contributed by atoms with E-state index in [9.17, 15) is 9.59 Å². The molecule has 0 bridgehead atoms. The highest BCUT2D eigenvalue weighted by Crippen LogP contribution is 2.48. The second-order valence-electron chi connectivity index (χ2n) is 6.98. The van der Waals surface area contributed by atoms with Gasteiger partial charge >= 0.3 is 0 Å². The van der Waals surface area contributed by atoms with Crippen LogP contribution < -0.4 is 10.6 Å². The third-order valence-electron chi connectivity index (χ3n) is 4.59. The first-order valence-corrected chi connectivity index (χ1v) is 8.80. The van der Waals surface area contributed by atoms with E-state index in [1.165, 1.54) is 4.68 Å². The van der Waals surface area contributed by atoms with Crippen LogP contribution in [-0.2, 0) is 21.5 Å². The molecule has 7 heteroatoms. The number of aromatic nitrogens is 2. The van der Waals surface area contributed by atoms with Crippen molar-refractivity contribution in [3.63, 3.8) is 0 Å². The Balaban J connectivity index is 1.54. The van der Waals surface area contributed by atoms with Gasteiger partial charge in [0.25, 0.3) is 0 Å². The molecular formula is C19H25N5O2. The highest BCUT2D eigenvalue weighted by Gasteiger charge is 2.51. The molecule has 2 amide bonds. The van der Waals surface area contributed by atoms with Crippen molar-refractivity contribution in [1.29, 1.82) is 0 Å². The van der Waals surface area contributed by atoms with Crippen molar-refractivity contribution in [1.82, 2.24) is 20.0 Å². The summed E-state index contributed by atoms with van der Waals surface area (Å²) in [6, 6.07) is 9.85. The maximum absolute atomic E-state index is 12.7. The minimum absolute atomic E-state index is 0.0151. The van der Waals surface area contributed by atoms with E-state index in [4.69, 9.17) is 0 Å². The molecule has 1 aromatic heterocycles. The zero-order chi connectivity index (χ0) is 18.6. The molecule has 0 unspecified atom stereocenters. The first-order chi connectivity index (χ1) is 12.5. The van der Waals surface area contributed by atoms with E-state index in [1.807, 2.05) is 49.3 Å². The van der Waals surface area contributed by atoms with E-state index < -0.39 is 5.41 Å². The monoisotopic (exact) mass is 355 g/mol. The van der Waals surface area contributed by atoms with Gasteiger partial charge in [0, 0.05) is 19.3 Å². The average Bonchev–Trinajstić information content (AvgIpc) is 3.32. The zero-order valence-electron chi connectivity index (χ0n) is 15.2. The van der Waals surface area contributed by atoms with E-state index in [1.54, 1.807) is 12.4 Å². The van der Waals surface area contributed by atoms with Crippen LogP contribution in [-0.4, -0.2) is 53.7 Å². The van der Waals surface area contributed by atoms with Gasteiger partial charge in [0.2, 0.25) is 11.8 Å². The van der Waals surface area contributed by atoms with Gasteiger partial charge in [-0.2, -0.15) is 5.10 Å². The standard InChI is InChI=1S/C19H25N5O2/c1-23(2)11-10-20-17(25)14-24-13-16(12-21-24)22-18(26)19(8-9-19)15-6-4-3-5-7-15/h3-7,12-13H,8-11,14H2,1-2H3,(H,20,25)(H,22,26). The summed E-state index contributed by atoms with van der Waals surface area (Å²) < 4.78 is 1.53. The maximum atomic E-state index is 12.7. The van der Waals surface area contributed by atoms with E-state index >= 15 is 0 Å². The molecule has 26 heavy (non-hydrogen) atoms. The number of anilines is 1. The third-order valence-corrected chi connectivity index (χ3v) is 4.59. The molecule has 0 radical (unpaired) electrons. The van der Waals surface area contributed by atoms with Crippen LogP contribution in [0.2, 0.25) is 0 Å². The van der Waals surface area contributed by atoms with Crippen LogP contribution in [0, 0.1) is 0 Å². The van der Waals surface area contributed by atoms with Crippen LogP contribution >= 0.6 is 0 Å². The minimum Gasteiger partial charge on any atom is -0.353 e. The fourth-order valence-corrected chi connectivity index (χ4v) is 2.92. The molecule has 7 nitrogen and oxygen atoms in total. The Morgan fingerprint density at radius 3 is 2.62 bits per heavy atom. The fourth-order valence-electron chi connectivity index (χ4n) is 2.92. The van der Waals surface area contributed by atoms with Crippen LogP contribution in [0.3, 0.4) is 0 Å². The number of likely N-dealkylation sites (N-methyl/N-ethyl adjacent to an activating group) is 1. The predicted octanol–water partition coefficient (Wildman–Crippen LogP) is 1.23. The van der Waals surface area contributed by atoms with Crippen molar-refractivity contribution in [3.8, 4) is 0 Å². The van der Waals surface area contributed by atoms with Gasteiger partial charge in [0.05, 0.1) is 17.3 Å². The molecule has 2 N–H and O–H groups in total. The summed E-state index contributed by atoms with van der Waals surface area (Å²) >= 11 is 0. The van der Waals surface area contributed by atoms with Gasteiger partial charge in [-0.05, 0) is 32.5 Å². The van der Waals surface area contributed by atoms with Crippen molar-refractivity contribution < 1.29 is 9.59 Å². The highest BCUT2D eigenvalue weighted by atomic mass is 16.2. The summed E-state index contributed by atoms with van der Waals surface area (Å²) in [5.74, 6) is -0.116. The largest absolute Gasteiger partial charge is 0.353 e. The number of carbonyl (C=O) groups excluding carboxylic acids is 2. The van der Waals surface area contributed by atoms with E-state index in [0.717, 1.165) is 24.9 Å². The summed E-state index contributed by atoms with van der Waals surface area (Å²) in [4.78, 5) is 26.6. The second kappa shape index (κ2) is 7.70. The first kappa shape index (κ1) is 18.1. The Kier molecular flexibility index (Phi) is 5.37. The number of hydrogen-bond donors (Lipinski definition) is 2. The van der Waals surface area contributed by atoms with Gasteiger partial charge in [-0.3, -0.25) is 14.3 Å². The number of hydrogen-bond acceptors (Lipinski definition) is 4. The van der Waals surface area contributed by atoms with Crippen molar-refractivity contribution in [2.75, 3.05) is 32.5 Å². The van der Waals surface area contributed by atoms with Gasteiger partial charge in [-0.15, -0.1) is 0 Å². The van der Waals surface area contributed by atoms with Crippen LogP contribution in [0.4, 0.5) is 5.69 Å². The lowest BCUT2D eigenvalue weighted by Gasteiger charge is -2.14. The topological polar surface area (TPSA) is 79.3 Å². The Morgan fingerprint density at radius 1 is 1.23 bits per heavy atom. The van der Waals surface area contributed by atoms with Gasteiger partial charge in [-0.1, -0.05) is 30.3 Å². The van der Waals surface area contributed by atoms with Crippen LogP contribution in [0.15, 0.2) is 42.7 Å². The molecule has 1 aromatic carbocycles. The molecule has 0 spiro atoms. The molecule has 2 aromatic rings. The van der Waals surface area contributed by atoms with E-state index in [2.05, 4.69) is 15.7 Å². The fraction of sp³-hybridized carbons (Fsp3) is 0.421. The number of amides is 2. The van der Waals surface area contributed by atoms with Crippen LogP contribution in [0.1, 0.15) is 18.4 Å². The van der Waals surface area contributed by atoms with Crippen LogP contribution in [0.25, 0.3) is 0 Å². The Bertz CT molecular complexity index is 765. The molecule has 3 rings (SSSR count). The van der Waals surface area contributed by atoms with Gasteiger partial charge in [0.1, 0.15) is 6.54 Å². The Morgan fingerprint density at radius 2 is 1.96 bits per heavy atom. The average molecular weight is 355 g/mol. The lowest BCUT2D eigenvalue weighted by atomic mass is 9.95. The molecule has 1 heterocycles. The van der Waals surface area contributed by atoms with Crippen molar-refractivity contribution in [2.24, 2.45) is 0 Å². The lowest BCUT2D eigenvalue weighted by molar-refractivity contribution is -0.122. The molecule has 1 saturated carbocycles. The molecule has 138 valence electrons. The van der Waals surface area contributed by atoms with E-state index in [0.29, 0.717) is 12.2 Å². The molecular weight excluding hydrogens is 330 g/mol. The summed E-state index contributed by atoms with van der Waals surface area (Å²) in [6.07, 6.45) is 4.97. The molecule has 0 atom stereocenters. The molecule has 1 aliphatic carbocycles. The summed E-state index contributed by atoms with van der Waals surface area (Å²) in [6.45, 7) is 1.51. The molecule has 1 aliphatic rings. The van der Waals surface area contributed by atoms with Gasteiger partial charge in [-0.25, -0.2) is 0 Å². The highest BCUT2D eigenvalue weighted by molar-refractivity contribution is 6.01. The number of benzene rings is 1.